The molecule has 5 heteroatoms. The minimum atomic E-state index is -0.0537. The van der Waals surface area contributed by atoms with Crippen LogP contribution in [0, 0.1) is 0 Å². The Morgan fingerprint density at radius 2 is 2.26 bits per heavy atom. The number of fused-ring (bicyclic) bond motifs is 1. The Morgan fingerprint density at radius 1 is 1.47 bits per heavy atom. The number of benzene rings is 1. The van der Waals surface area contributed by atoms with Crippen LogP contribution < -0.4 is 5.32 Å². The van der Waals surface area contributed by atoms with Crippen molar-refractivity contribution < 1.29 is 9.53 Å². The number of carbonyl (C=O) groups is 1. The molecule has 1 unspecified atom stereocenters. The maximum absolute atomic E-state index is 11.9. The minimum absolute atomic E-state index is 0.00482. The zero-order valence-corrected chi connectivity index (χ0v) is 11.8. The molecule has 0 bridgehead atoms. The topological polar surface area (TPSA) is 43.3 Å². The fourth-order valence-corrected chi connectivity index (χ4v) is 2.40. The van der Waals surface area contributed by atoms with Gasteiger partial charge in [0.2, 0.25) is 5.91 Å². The van der Waals surface area contributed by atoms with E-state index in [9.17, 15) is 4.79 Å². The molecule has 1 aromatic carbocycles. The summed E-state index contributed by atoms with van der Waals surface area (Å²) >= 11 is 6.17. The lowest BCUT2D eigenvalue weighted by atomic mass is 10.2. The Hall–Kier alpha value is -1.52. The second kappa shape index (κ2) is 6.08. The predicted molar refractivity (Wildman–Crippen MR) is 76.4 cm³/mol. The van der Waals surface area contributed by atoms with Crippen molar-refractivity contribution in [1.82, 2.24) is 9.88 Å². The standard InChI is InChI=1S/C14H17ClN2O2/c1-10(9-19-2)16-13(18)8-17-7-6-11-4-3-5-12(15)14(11)17/h3-7,10H,8-9H2,1-2H3,(H,16,18). The molecular weight excluding hydrogens is 264 g/mol. The fraction of sp³-hybridized carbons (Fsp3) is 0.357. The van der Waals surface area contributed by atoms with E-state index in [1.54, 1.807) is 7.11 Å². The highest BCUT2D eigenvalue weighted by Crippen LogP contribution is 2.24. The van der Waals surface area contributed by atoms with Gasteiger partial charge in [0.1, 0.15) is 6.54 Å². The Balaban J connectivity index is 2.11. The number of amides is 1. The molecule has 1 N–H and O–H groups in total. The Bertz CT molecular complexity index is 580. The van der Waals surface area contributed by atoms with Gasteiger partial charge in [-0.25, -0.2) is 0 Å². The van der Waals surface area contributed by atoms with Crippen LogP contribution in [0.4, 0.5) is 0 Å². The van der Waals surface area contributed by atoms with Gasteiger partial charge >= 0.3 is 0 Å². The quantitative estimate of drug-likeness (QED) is 0.914. The van der Waals surface area contributed by atoms with Crippen molar-refractivity contribution in [3.05, 3.63) is 35.5 Å². The van der Waals surface area contributed by atoms with E-state index in [1.165, 1.54) is 0 Å². The SMILES string of the molecule is COCC(C)NC(=O)Cn1ccc2cccc(Cl)c21. The number of rotatable bonds is 5. The predicted octanol–water partition coefficient (Wildman–Crippen LogP) is 2.45. The Kier molecular flexibility index (Phi) is 4.45. The van der Waals surface area contributed by atoms with Gasteiger partial charge in [0.25, 0.3) is 0 Å². The lowest BCUT2D eigenvalue weighted by Gasteiger charge is -2.13. The molecule has 4 nitrogen and oxygen atoms in total. The van der Waals surface area contributed by atoms with Crippen molar-refractivity contribution in [3.8, 4) is 0 Å². The molecule has 1 aromatic heterocycles. The maximum atomic E-state index is 11.9. The van der Waals surface area contributed by atoms with Crippen LogP contribution >= 0.6 is 11.6 Å². The summed E-state index contributed by atoms with van der Waals surface area (Å²) in [6.07, 6.45) is 1.87. The summed E-state index contributed by atoms with van der Waals surface area (Å²) in [5.74, 6) is -0.0537. The molecule has 0 saturated heterocycles. The lowest BCUT2D eigenvalue weighted by Crippen LogP contribution is -2.37. The molecule has 1 amide bonds. The summed E-state index contributed by atoms with van der Waals surface area (Å²) in [4.78, 5) is 11.9. The molecule has 2 aromatic rings. The van der Waals surface area contributed by atoms with Gasteiger partial charge in [-0.05, 0) is 19.1 Å². The van der Waals surface area contributed by atoms with Crippen LogP contribution in [-0.4, -0.2) is 30.2 Å². The second-order valence-electron chi connectivity index (χ2n) is 4.55. The number of methoxy groups -OCH3 is 1. The van der Waals surface area contributed by atoms with Crippen molar-refractivity contribution in [1.29, 1.82) is 0 Å². The van der Waals surface area contributed by atoms with Gasteiger partial charge in [0.05, 0.1) is 17.1 Å². The average molecular weight is 281 g/mol. The van der Waals surface area contributed by atoms with Crippen LogP contribution in [0.2, 0.25) is 5.02 Å². The minimum Gasteiger partial charge on any atom is -0.383 e. The van der Waals surface area contributed by atoms with E-state index in [4.69, 9.17) is 16.3 Å². The first-order valence-corrected chi connectivity index (χ1v) is 6.51. The molecular formula is C14H17ClN2O2. The average Bonchev–Trinajstić information content (AvgIpc) is 2.74. The molecule has 0 saturated carbocycles. The van der Waals surface area contributed by atoms with Gasteiger partial charge in [-0.2, -0.15) is 0 Å². The van der Waals surface area contributed by atoms with Gasteiger partial charge in [-0.3, -0.25) is 4.79 Å². The Morgan fingerprint density at radius 3 is 3.00 bits per heavy atom. The highest BCUT2D eigenvalue weighted by molar-refractivity contribution is 6.35. The molecule has 0 fully saturated rings. The van der Waals surface area contributed by atoms with Crippen molar-refractivity contribution in [2.75, 3.05) is 13.7 Å². The summed E-state index contributed by atoms with van der Waals surface area (Å²) in [7, 11) is 1.61. The van der Waals surface area contributed by atoms with Crippen molar-refractivity contribution >= 4 is 28.4 Å². The number of hydrogen-bond acceptors (Lipinski definition) is 2. The van der Waals surface area contributed by atoms with E-state index in [-0.39, 0.29) is 18.5 Å². The molecule has 0 aliphatic rings. The van der Waals surface area contributed by atoms with E-state index in [0.717, 1.165) is 10.9 Å². The number of aromatic nitrogens is 1. The maximum Gasteiger partial charge on any atom is 0.240 e. The van der Waals surface area contributed by atoms with Crippen molar-refractivity contribution in [2.45, 2.75) is 19.5 Å². The first-order valence-electron chi connectivity index (χ1n) is 6.13. The molecule has 2 rings (SSSR count). The van der Waals surface area contributed by atoms with Gasteiger partial charge in [-0.15, -0.1) is 0 Å². The normalized spacial score (nSPS) is 12.6. The number of carbonyl (C=O) groups excluding carboxylic acids is 1. The van der Waals surface area contributed by atoms with E-state index in [2.05, 4.69) is 5.32 Å². The van der Waals surface area contributed by atoms with Gasteiger partial charge in [0, 0.05) is 24.7 Å². The monoisotopic (exact) mass is 280 g/mol. The number of para-hydroxylation sites is 1. The third kappa shape index (κ3) is 3.28. The smallest absolute Gasteiger partial charge is 0.240 e. The number of halogens is 1. The van der Waals surface area contributed by atoms with Crippen LogP contribution in [0.1, 0.15) is 6.92 Å². The lowest BCUT2D eigenvalue weighted by molar-refractivity contribution is -0.122. The molecule has 1 atom stereocenters. The summed E-state index contributed by atoms with van der Waals surface area (Å²) in [6.45, 7) is 2.66. The van der Waals surface area contributed by atoms with Gasteiger partial charge in [0.15, 0.2) is 0 Å². The number of ether oxygens (including phenoxy) is 1. The summed E-state index contributed by atoms with van der Waals surface area (Å²) in [6, 6.07) is 7.65. The van der Waals surface area contributed by atoms with E-state index >= 15 is 0 Å². The molecule has 19 heavy (non-hydrogen) atoms. The first kappa shape index (κ1) is 13.9. The summed E-state index contributed by atoms with van der Waals surface area (Å²) in [5, 5.41) is 4.56. The van der Waals surface area contributed by atoms with E-state index in [1.807, 2.05) is 42.0 Å². The summed E-state index contributed by atoms with van der Waals surface area (Å²) in [5.41, 5.74) is 0.888. The van der Waals surface area contributed by atoms with Gasteiger partial charge < -0.3 is 14.6 Å². The van der Waals surface area contributed by atoms with Crippen LogP contribution in [0.5, 0.6) is 0 Å². The van der Waals surface area contributed by atoms with E-state index < -0.39 is 0 Å². The fourth-order valence-electron chi connectivity index (χ4n) is 2.11. The largest absolute Gasteiger partial charge is 0.383 e. The highest BCUT2D eigenvalue weighted by Gasteiger charge is 2.10. The van der Waals surface area contributed by atoms with Gasteiger partial charge in [-0.1, -0.05) is 23.7 Å². The molecule has 102 valence electrons. The van der Waals surface area contributed by atoms with E-state index in [0.29, 0.717) is 11.6 Å². The third-order valence-corrected chi connectivity index (χ3v) is 3.18. The number of hydrogen-bond donors (Lipinski definition) is 1. The highest BCUT2D eigenvalue weighted by atomic mass is 35.5. The second-order valence-corrected chi connectivity index (χ2v) is 4.95. The van der Waals surface area contributed by atoms with Crippen LogP contribution in [-0.2, 0) is 16.1 Å². The molecule has 1 heterocycles. The zero-order valence-electron chi connectivity index (χ0n) is 11.0. The van der Waals surface area contributed by atoms with Crippen molar-refractivity contribution in [2.24, 2.45) is 0 Å². The molecule has 0 radical (unpaired) electrons. The first-order chi connectivity index (χ1) is 9.11. The van der Waals surface area contributed by atoms with Crippen molar-refractivity contribution in [3.63, 3.8) is 0 Å². The zero-order chi connectivity index (χ0) is 13.8. The van der Waals surface area contributed by atoms with Crippen LogP contribution in [0.15, 0.2) is 30.5 Å². The number of nitrogens with one attached hydrogen (secondary N) is 1. The van der Waals surface area contributed by atoms with Crippen LogP contribution in [0.25, 0.3) is 10.9 Å². The molecule has 0 spiro atoms. The number of nitrogens with zero attached hydrogens (tertiary/aromatic N) is 1. The van der Waals surface area contributed by atoms with Crippen LogP contribution in [0.3, 0.4) is 0 Å². The third-order valence-electron chi connectivity index (χ3n) is 2.88. The molecule has 0 aliphatic heterocycles. The summed E-state index contributed by atoms with van der Waals surface area (Å²) < 4.78 is 6.84. The Labute approximate surface area is 117 Å². The molecule has 0 aliphatic carbocycles.